The van der Waals surface area contributed by atoms with Crippen molar-refractivity contribution in [2.24, 2.45) is 0 Å². The van der Waals surface area contributed by atoms with Gasteiger partial charge in [0.25, 0.3) is 5.69 Å². The average Bonchev–Trinajstić information content (AvgIpc) is 2.85. The first-order valence-electron chi connectivity index (χ1n) is 5.57. The van der Waals surface area contributed by atoms with Crippen molar-refractivity contribution in [1.29, 1.82) is 0 Å². The van der Waals surface area contributed by atoms with Gasteiger partial charge in [-0.05, 0) is 11.6 Å². The average molecular weight is 263 g/mol. The monoisotopic (exact) mass is 263 g/mol. The van der Waals surface area contributed by atoms with Gasteiger partial charge in [-0.2, -0.15) is 0 Å². The van der Waals surface area contributed by atoms with Crippen molar-refractivity contribution >= 4 is 5.69 Å². The summed E-state index contributed by atoms with van der Waals surface area (Å²) < 4.78 is 6.76. The predicted molar refractivity (Wildman–Crippen MR) is 66.9 cm³/mol. The Morgan fingerprint density at radius 1 is 1.47 bits per heavy atom. The zero-order valence-corrected chi connectivity index (χ0v) is 10.3. The molecule has 2 rings (SSSR count). The molecule has 0 bridgehead atoms. The molecule has 19 heavy (non-hydrogen) atoms. The van der Waals surface area contributed by atoms with Crippen LogP contribution in [0.1, 0.15) is 11.4 Å². The van der Waals surface area contributed by atoms with Crippen LogP contribution < -0.4 is 4.74 Å². The largest absolute Gasteiger partial charge is 0.496 e. The minimum Gasteiger partial charge on any atom is -0.496 e. The quantitative estimate of drug-likeness (QED) is 0.649. The van der Waals surface area contributed by atoms with Gasteiger partial charge in [0, 0.05) is 25.0 Å². The van der Waals surface area contributed by atoms with E-state index >= 15 is 0 Å². The van der Waals surface area contributed by atoms with Crippen LogP contribution in [0.15, 0.2) is 30.6 Å². The van der Waals surface area contributed by atoms with Crippen LogP contribution in [-0.2, 0) is 13.2 Å². The summed E-state index contributed by atoms with van der Waals surface area (Å²) in [6, 6.07) is 4.56. The Bertz CT molecular complexity index is 594. The molecule has 0 saturated heterocycles. The number of ether oxygens (including phenoxy) is 1. The maximum atomic E-state index is 10.8. The number of aliphatic hydroxyl groups excluding tert-OH is 1. The highest BCUT2D eigenvalue weighted by Crippen LogP contribution is 2.23. The first kappa shape index (κ1) is 13.0. The number of nitrogens with zero attached hydrogens (tertiary/aromatic N) is 3. The van der Waals surface area contributed by atoms with Crippen LogP contribution in [0.25, 0.3) is 0 Å². The molecule has 0 atom stereocenters. The molecule has 0 saturated carbocycles. The SMILES string of the molecule is COc1cc(Cn2ccnc2CO)cc([N+](=O)[O-])c1. The maximum absolute atomic E-state index is 10.8. The van der Waals surface area contributed by atoms with Crippen molar-refractivity contribution in [3.05, 3.63) is 52.1 Å². The molecule has 0 radical (unpaired) electrons. The molecular formula is C12H13N3O4. The fourth-order valence-corrected chi connectivity index (χ4v) is 1.79. The zero-order chi connectivity index (χ0) is 13.8. The summed E-state index contributed by atoms with van der Waals surface area (Å²) >= 11 is 0. The van der Waals surface area contributed by atoms with E-state index in [9.17, 15) is 10.1 Å². The predicted octanol–water partition coefficient (Wildman–Crippen LogP) is 1.34. The van der Waals surface area contributed by atoms with Crippen molar-refractivity contribution in [2.45, 2.75) is 13.2 Å². The van der Waals surface area contributed by atoms with Crippen LogP contribution in [0.4, 0.5) is 5.69 Å². The van der Waals surface area contributed by atoms with E-state index in [4.69, 9.17) is 9.84 Å². The van der Waals surface area contributed by atoms with Crippen LogP contribution in [-0.4, -0.2) is 26.7 Å². The van der Waals surface area contributed by atoms with Crippen LogP contribution >= 0.6 is 0 Å². The van der Waals surface area contributed by atoms with E-state index in [1.807, 2.05) is 0 Å². The lowest BCUT2D eigenvalue weighted by Crippen LogP contribution is -2.05. The highest BCUT2D eigenvalue weighted by Gasteiger charge is 2.11. The van der Waals surface area contributed by atoms with E-state index in [0.29, 0.717) is 23.7 Å². The summed E-state index contributed by atoms with van der Waals surface area (Å²) in [7, 11) is 1.46. The molecule has 0 amide bonds. The lowest BCUT2D eigenvalue weighted by molar-refractivity contribution is -0.385. The van der Waals surface area contributed by atoms with Crippen LogP contribution in [0.5, 0.6) is 5.75 Å². The molecule has 0 aliphatic rings. The third kappa shape index (κ3) is 2.89. The third-order valence-corrected chi connectivity index (χ3v) is 2.69. The molecular weight excluding hydrogens is 250 g/mol. The molecule has 7 nitrogen and oxygen atoms in total. The lowest BCUT2D eigenvalue weighted by atomic mass is 10.2. The maximum Gasteiger partial charge on any atom is 0.273 e. The number of hydrogen-bond donors (Lipinski definition) is 1. The lowest BCUT2D eigenvalue weighted by Gasteiger charge is -2.08. The number of non-ortho nitro benzene ring substituents is 1. The summed E-state index contributed by atoms with van der Waals surface area (Å²) in [4.78, 5) is 14.4. The molecule has 0 unspecified atom stereocenters. The van der Waals surface area contributed by atoms with Gasteiger partial charge < -0.3 is 14.4 Å². The van der Waals surface area contributed by atoms with E-state index in [-0.39, 0.29) is 12.3 Å². The number of aromatic nitrogens is 2. The van der Waals surface area contributed by atoms with E-state index in [1.54, 1.807) is 23.0 Å². The number of rotatable bonds is 5. The van der Waals surface area contributed by atoms with Crippen molar-refractivity contribution in [1.82, 2.24) is 9.55 Å². The number of aliphatic hydroxyl groups is 1. The van der Waals surface area contributed by atoms with Gasteiger partial charge in [-0.25, -0.2) is 4.98 Å². The van der Waals surface area contributed by atoms with Crippen LogP contribution in [0, 0.1) is 10.1 Å². The molecule has 1 aromatic heterocycles. The second kappa shape index (κ2) is 5.49. The fourth-order valence-electron chi connectivity index (χ4n) is 1.79. The number of nitro groups is 1. The standard InChI is InChI=1S/C12H13N3O4/c1-19-11-5-9(4-10(6-11)15(17)18)7-14-3-2-13-12(14)8-16/h2-6,16H,7-8H2,1H3. The molecule has 2 aromatic rings. The molecule has 0 aliphatic carbocycles. The van der Waals surface area contributed by atoms with Crippen molar-refractivity contribution in [2.75, 3.05) is 7.11 Å². The van der Waals surface area contributed by atoms with Crippen LogP contribution in [0.2, 0.25) is 0 Å². The number of benzene rings is 1. The van der Waals surface area contributed by atoms with Crippen molar-refractivity contribution < 1.29 is 14.8 Å². The summed E-state index contributed by atoms with van der Waals surface area (Å²) in [5, 5.41) is 20.0. The zero-order valence-electron chi connectivity index (χ0n) is 10.3. The van der Waals surface area contributed by atoms with Gasteiger partial charge >= 0.3 is 0 Å². The number of imidazole rings is 1. The van der Waals surface area contributed by atoms with E-state index in [2.05, 4.69) is 4.98 Å². The van der Waals surface area contributed by atoms with E-state index < -0.39 is 4.92 Å². The second-order valence-corrected chi connectivity index (χ2v) is 3.93. The van der Waals surface area contributed by atoms with Crippen LogP contribution in [0.3, 0.4) is 0 Å². The first-order valence-corrected chi connectivity index (χ1v) is 5.57. The summed E-state index contributed by atoms with van der Waals surface area (Å²) in [6.45, 7) is 0.201. The highest BCUT2D eigenvalue weighted by atomic mass is 16.6. The smallest absolute Gasteiger partial charge is 0.273 e. The molecule has 7 heteroatoms. The highest BCUT2D eigenvalue weighted by molar-refractivity contribution is 5.42. The molecule has 0 spiro atoms. The van der Waals surface area contributed by atoms with Gasteiger partial charge in [-0.3, -0.25) is 10.1 Å². The van der Waals surface area contributed by atoms with Crippen molar-refractivity contribution in [3.8, 4) is 5.75 Å². The topological polar surface area (TPSA) is 90.4 Å². The Balaban J connectivity index is 2.34. The Morgan fingerprint density at radius 2 is 2.26 bits per heavy atom. The van der Waals surface area contributed by atoms with Gasteiger partial charge in [0.1, 0.15) is 18.2 Å². The number of nitro benzene ring substituents is 1. The van der Waals surface area contributed by atoms with E-state index in [0.717, 1.165) is 0 Å². The Morgan fingerprint density at radius 3 is 2.89 bits per heavy atom. The summed E-state index contributed by atoms with van der Waals surface area (Å²) in [5.41, 5.74) is 0.679. The van der Waals surface area contributed by atoms with Gasteiger partial charge in [-0.1, -0.05) is 0 Å². The normalized spacial score (nSPS) is 10.4. The molecule has 1 aromatic carbocycles. The minimum absolute atomic E-state index is 0.0278. The Labute approximate surface area is 109 Å². The van der Waals surface area contributed by atoms with Crippen molar-refractivity contribution in [3.63, 3.8) is 0 Å². The molecule has 0 aliphatic heterocycles. The Hall–Kier alpha value is -2.41. The Kier molecular flexibility index (Phi) is 3.76. The summed E-state index contributed by atoms with van der Waals surface area (Å²) in [6.07, 6.45) is 3.27. The second-order valence-electron chi connectivity index (χ2n) is 3.93. The molecule has 1 N–H and O–H groups in total. The van der Waals surface area contributed by atoms with Gasteiger partial charge in [0.15, 0.2) is 0 Å². The minimum atomic E-state index is -0.465. The number of methoxy groups -OCH3 is 1. The first-order chi connectivity index (χ1) is 9.13. The fraction of sp³-hybridized carbons (Fsp3) is 0.250. The summed E-state index contributed by atoms with van der Waals surface area (Å²) in [5.74, 6) is 0.931. The van der Waals surface area contributed by atoms with Gasteiger partial charge in [0.05, 0.1) is 18.1 Å². The molecule has 100 valence electrons. The molecule has 0 fully saturated rings. The molecule has 1 heterocycles. The van der Waals surface area contributed by atoms with Gasteiger partial charge in [0.2, 0.25) is 0 Å². The number of hydrogen-bond acceptors (Lipinski definition) is 5. The van der Waals surface area contributed by atoms with Gasteiger partial charge in [-0.15, -0.1) is 0 Å². The third-order valence-electron chi connectivity index (χ3n) is 2.69. The van der Waals surface area contributed by atoms with E-state index in [1.165, 1.54) is 19.2 Å².